The van der Waals surface area contributed by atoms with Gasteiger partial charge in [-0.25, -0.2) is 9.50 Å². The van der Waals surface area contributed by atoms with Gasteiger partial charge in [-0.1, -0.05) is 6.07 Å². The molecule has 2 aromatic heterocycles. The summed E-state index contributed by atoms with van der Waals surface area (Å²) in [6.07, 6.45) is 1.72. The Balaban J connectivity index is 2.75. The second-order valence-electron chi connectivity index (χ2n) is 2.76. The van der Waals surface area contributed by atoms with Crippen LogP contribution in [0.5, 0.6) is 0 Å². The van der Waals surface area contributed by atoms with Gasteiger partial charge >= 0.3 is 0 Å². The van der Waals surface area contributed by atoms with Crippen molar-refractivity contribution in [2.45, 2.75) is 6.92 Å². The van der Waals surface area contributed by atoms with Crippen LogP contribution in [0.4, 0.5) is 0 Å². The zero-order chi connectivity index (χ0) is 9.42. The lowest BCUT2D eigenvalue weighted by atomic mass is 10.3. The van der Waals surface area contributed by atoms with Crippen LogP contribution in [0.15, 0.2) is 18.3 Å². The summed E-state index contributed by atoms with van der Waals surface area (Å²) in [6, 6.07) is 3.73. The summed E-state index contributed by atoms with van der Waals surface area (Å²) in [5.41, 5.74) is 6.67. The number of aryl methyl sites for hydroxylation is 1. The lowest BCUT2D eigenvalue weighted by molar-refractivity contribution is 0.0990. The van der Waals surface area contributed by atoms with Gasteiger partial charge in [0.05, 0.1) is 0 Å². The Kier molecular flexibility index (Phi) is 1.51. The third-order valence-corrected chi connectivity index (χ3v) is 1.78. The maximum Gasteiger partial charge on any atom is 0.288 e. The van der Waals surface area contributed by atoms with Gasteiger partial charge < -0.3 is 5.73 Å². The molecule has 0 aromatic carbocycles. The second kappa shape index (κ2) is 2.55. The highest BCUT2D eigenvalue weighted by Crippen LogP contribution is 2.06. The first-order chi connectivity index (χ1) is 6.18. The summed E-state index contributed by atoms with van der Waals surface area (Å²) in [5.74, 6) is -0.558. The summed E-state index contributed by atoms with van der Waals surface area (Å²) in [5, 5.41) is 3.90. The SMILES string of the molecule is Cc1cccn2nc(C(N)=O)nc12. The smallest absolute Gasteiger partial charge is 0.288 e. The zero-order valence-electron chi connectivity index (χ0n) is 7.06. The van der Waals surface area contributed by atoms with Crippen LogP contribution in [0.2, 0.25) is 0 Å². The van der Waals surface area contributed by atoms with Gasteiger partial charge in [0, 0.05) is 6.20 Å². The molecule has 5 heteroatoms. The molecule has 5 nitrogen and oxygen atoms in total. The van der Waals surface area contributed by atoms with Crippen molar-refractivity contribution in [2.24, 2.45) is 5.73 Å². The molecule has 0 bridgehead atoms. The van der Waals surface area contributed by atoms with Crippen molar-refractivity contribution in [3.05, 3.63) is 29.7 Å². The molecule has 0 aliphatic rings. The van der Waals surface area contributed by atoms with Crippen molar-refractivity contribution in [3.8, 4) is 0 Å². The van der Waals surface area contributed by atoms with Crippen molar-refractivity contribution in [1.29, 1.82) is 0 Å². The third kappa shape index (κ3) is 1.14. The number of nitrogens with two attached hydrogens (primary N) is 1. The summed E-state index contributed by atoms with van der Waals surface area (Å²) in [4.78, 5) is 14.8. The van der Waals surface area contributed by atoms with E-state index in [9.17, 15) is 4.79 Å². The van der Waals surface area contributed by atoms with Crippen LogP contribution >= 0.6 is 0 Å². The van der Waals surface area contributed by atoms with Gasteiger partial charge in [-0.2, -0.15) is 0 Å². The number of carbonyl (C=O) groups is 1. The lowest BCUT2D eigenvalue weighted by Gasteiger charge is -1.92. The largest absolute Gasteiger partial charge is 0.363 e. The molecule has 13 heavy (non-hydrogen) atoms. The molecule has 2 heterocycles. The van der Waals surface area contributed by atoms with E-state index in [2.05, 4.69) is 10.1 Å². The first-order valence-corrected chi connectivity index (χ1v) is 3.80. The minimum Gasteiger partial charge on any atom is -0.363 e. The molecule has 0 fully saturated rings. The van der Waals surface area contributed by atoms with Crippen LogP contribution in [0.1, 0.15) is 16.2 Å². The predicted octanol–water partition coefficient (Wildman–Crippen LogP) is 0.137. The van der Waals surface area contributed by atoms with Crippen LogP contribution in [-0.4, -0.2) is 20.5 Å². The second-order valence-corrected chi connectivity index (χ2v) is 2.76. The highest BCUT2D eigenvalue weighted by Gasteiger charge is 2.09. The van der Waals surface area contributed by atoms with E-state index in [1.165, 1.54) is 4.52 Å². The monoisotopic (exact) mass is 176 g/mol. The topological polar surface area (TPSA) is 73.3 Å². The number of hydrogen-bond acceptors (Lipinski definition) is 3. The molecular weight excluding hydrogens is 168 g/mol. The fourth-order valence-electron chi connectivity index (χ4n) is 1.14. The molecule has 2 rings (SSSR count). The molecular formula is C8H8N4O. The molecule has 0 aliphatic carbocycles. The molecule has 0 spiro atoms. The van der Waals surface area contributed by atoms with Gasteiger partial charge in [0.2, 0.25) is 5.82 Å². The number of aromatic nitrogens is 3. The Morgan fingerprint density at radius 1 is 1.62 bits per heavy atom. The van der Waals surface area contributed by atoms with E-state index >= 15 is 0 Å². The Labute approximate surface area is 74.2 Å². The van der Waals surface area contributed by atoms with E-state index in [1.54, 1.807) is 6.20 Å². The van der Waals surface area contributed by atoms with Crippen molar-refractivity contribution in [1.82, 2.24) is 14.6 Å². The van der Waals surface area contributed by atoms with E-state index in [0.717, 1.165) is 5.56 Å². The van der Waals surface area contributed by atoms with Crippen LogP contribution < -0.4 is 5.73 Å². The van der Waals surface area contributed by atoms with E-state index in [-0.39, 0.29) is 5.82 Å². The van der Waals surface area contributed by atoms with Crippen molar-refractivity contribution < 1.29 is 4.79 Å². The molecule has 2 aromatic rings. The van der Waals surface area contributed by atoms with Gasteiger partial charge in [-0.3, -0.25) is 4.79 Å². The van der Waals surface area contributed by atoms with E-state index in [4.69, 9.17) is 5.73 Å². The Bertz CT molecular complexity index is 474. The van der Waals surface area contributed by atoms with Crippen LogP contribution in [0.3, 0.4) is 0 Å². The summed E-state index contributed by atoms with van der Waals surface area (Å²) >= 11 is 0. The van der Waals surface area contributed by atoms with E-state index < -0.39 is 5.91 Å². The average Bonchev–Trinajstić information content (AvgIpc) is 2.49. The lowest BCUT2D eigenvalue weighted by Crippen LogP contribution is -2.12. The Morgan fingerprint density at radius 3 is 3.00 bits per heavy atom. The molecule has 0 atom stereocenters. The Hall–Kier alpha value is -1.91. The molecule has 66 valence electrons. The molecule has 0 saturated heterocycles. The van der Waals surface area contributed by atoms with E-state index in [0.29, 0.717) is 5.65 Å². The van der Waals surface area contributed by atoms with Crippen molar-refractivity contribution in [3.63, 3.8) is 0 Å². The quantitative estimate of drug-likeness (QED) is 0.671. The molecule has 1 amide bonds. The fraction of sp³-hybridized carbons (Fsp3) is 0.125. The van der Waals surface area contributed by atoms with Gasteiger partial charge in [0.15, 0.2) is 5.65 Å². The number of primary amides is 1. The number of nitrogens with zero attached hydrogens (tertiary/aromatic N) is 3. The van der Waals surface area contributed by atoms with Crippen molar-refractivity contribution in [2.75, 3.05) is 0 Å². The van der Waals surface area contributed by atoms with Crippen LogP contribution in [0.25, 0.3) is 5.65 Å². The van der Waals surface area contributed by atoms with Gasteiger partial charge in [-0.05, 0) is 18.6 Å². The van der Waals surface area contributed by atoms with Crippen LogP contribution in [-0.2, 0) is 0 Å². The minimum atomic E-state index is -0.608. The Morgan fingerprint density at radius 2 is 2.38 bits per heavy atom. The van der Waals surface area contributed by atoms with Gasteiger partial charge in [0.1, 0.15) is 0 Å². The van der Waals surface area contributed by atoms with E-state index in [1.807, 2.05) is 19.1 Å². The number of fused-ring (bicyclic) bond motifs is 1. The highest BCUT2D eigenvalue weighted by molar-refractivity contribution is 5.89. The normalized spacial score (nSPS) is 10.5. The predicted molar refractivity (Wildman–Crippen MR) is 46.2 cm³/mol. The first kappa shape index (κ1) is 7.72. The van der Waals surface area contributed by atoms with Crippen LogP contribution in [0, 0.1) is 6.92 Å². The minimum absolute atomic E-state index is 0.0503. The summed E-state index contributed by atoms with van der Waals surface area (Å²) in [6.45, 7) is 1.90. The maximum atomic E-state index is 10.8. The average molecular weight is 176 g/mol. The number of hydrogen-bond donors (Lipinski definition) is 1. The maximum absolute atomic E-state index is 10.8. The summed E-state index contributed by atoms with van der Waals surface area (Å²) < 4.78 is 1.54. The van der Waals surface area contributed by atoms with Gasteiger partial charge in [-0.15, -0.1) is 5.10 Å². The number of rotatable bonds is 1. The molecule has 2 N–H and O–H groups in total. The number of carbonyl (C=O) groups excluding carboxylic acids is 1. The number of amides is 1. The molecule has 0 saturated carbocycles. The van der Waals surface area contributed by atoms with Gasteiger partial charge in [0.25, 0.3) is 5.91 Å². The molecule has 0 unspecified atom stereocenters. The standard InChI is InChI=1S/C8H8N4O/c1-5-3-2-4-12-8(5)10-7(11-12)6(9)13/h2-4H,1H3,(H2,9,13). The molecule has 0 radical (unpaired) electrons. The fourth-order valence-corrected chi connectivity index (χ4v) is 1.14. The number of pyridine rings is 1. The zero-order valence-corrected chi connectivity index (χ0v) is 7.06. The van der Waals surface area contributed by atoms with Crippen molar-refractivity contribution >= 4 is 11.6 Å². The molecule has 0 aliphatic heterocycles. The third-order valence-electron chi connectivity index (χ3n) is 1.78. The highest BCUT2D eigenvalue weighted by atomic mass is 16.1. The summed E-state index contributed by atoms with van der Waals surface area (Å²) in [7, 11) is 0. The first-order valence-electron chi connectivity index (χ1n) is 3.80.